The van der Waals surface area contributed by atoms with Gasteiger partial charge in [-0.3, -0.25) is 4.79 Å². The Labute approximate surface area is 194 Å². The lowest BCUT2D eigenvalue weighted by molar-refractivity contribution is -0.112. The van der Waals surface area contributed by atoms with Crippen molar-refractivity contribution in [3.8, 4) is 17.6 Å². The average molecular weight is 438 g/mol. The second kappa shape index (κ2) is 11.0. The number of nitrogens with zero attached hydrogens (tertiary/aromatic N) is 2. The first-order chi connectivity index (χ1) is 16.2. The van der Waals surface area contributed by atoms with Gasteiger partial charge in [-0.05, 0) is 67.1 Å². The molecule has 3 aromatic carbocycles. The number of likely N-dealkylation sites (tertiary alicyclic amines) is 1. The molecule has 0 unspecified atom stereocenters. The van der Waals surface area contributed by atoms with Gasteiger partial charge in [0.15, 0.2) is 0 Å². The van der Waals surface area contributed by atoms with Crippen LogP contribution >= 0.6 is 0 Å². The van der Waals surface area contributed by atoms with Gasteiger partial charge in [0.05, 0.1) is 0 Å². The summed E-state index contributed by atoms with van der Waals surface area (Å²) in [4.78, 5) is 14.7. The van der Waals surface area contributed by atoms with E-state index in [4.69, 9.17) is 4.74 Å². The summed E-state index contributed by atoms with van der Waals surface area (Å²) < 4.78 is 5.77. The molecule has 1 fully saturated rings. The van der Waals surface area contributed by atoms with Crippen molar-refractivity contribution in [2.45, 2.75) is 19.3 Å². The van der Waals surface area contributed by atoms with E-state index in [1.165, 1.54) is 5.56 Å². The molecular formula is C28H27N3O2. The number of nitriles is 1. The van der Waals surface area contributed by atoms with E-state index in [0.717, 1.165) is 38.1 Å². The van der Waals surface area contributed by atoms with Crippen LogP contribution in [0.1, 0.15) is 18.4 Å². The Bertz CT molecular complexity index is 1110. The van der Waals surface area contributed by atoms with E-state index in [2.05, 4.69) is 34.5 Å². The molecule has 0 aromatic heterocycles. The molecule has 5 nitrogen and oxygen atoms in total. The summed E-state index contributed by atoms with van der Waals surface area (Å²) in [5.41, 5.74) is 2.09. The van der Waals surface area contributed by atoms with Crippen LogP contribution in [0.5, 0.6) is 11.5 Å². The van der Waals surface area contributed by atoms with Gasteiger partial charge in [0.1, 0.15) is 23.1 Å². The first-order valence-electron chi connectivity index (χ1n) is 11.2. The molecule has 0 aliphatic carbocycles. The topological polar surface area (TPSA) is 65.4 Å². The van der Waals surface area contributed by atoms with Crippen LogP contribution in [0.15, 0.2) is 96.7 Å². The summed E-state index contributed by atoms with van der Waals surface area (Å²) in [6.07, 6.45) is 4.87. The fourth-order valence-corrected chi connectivity index (χ4v) is 3.98. The normalized spacial score (nSPS) is 14.4. The van der Waals surface area contributed by atoms with E-state index < -0.39 is 5.91 Å². The number of anilines is 1. The van der Waals surface area contributed by atoms with E-state index in [-0.39, 0.29) is 5.57 Å². The molecular weight excluding hydrogens is 410 g/mol. The van der Waals surface area contributed by atoms with Gasteiger partial charge in [0, 0.05) is 25.0 Å². The third-order valence-corrected chi connectivity index (χ3v) is 5.78. The Hall–Kier alpha value is -4.04. The minimum atomic E-state index is -0.402. The van der Waals surface area contributed by atoms with Gasteiger partial charge in [-0.15, -0.1) is 0 Å². The number of carbonyl (C=O) groups is 1. The summed E-state index contributed by atoms with van der Waals surface area (Å²) >= 11 is 0. The number of piperidine rings is 1. The van der Waals surface area contributed by atoms with Crippen LogP contribution in [0.3, 0.4) is 0 Å². The number of amides is 1. The molecule has 1 amide bonds. The highest BCUT2D eigenvalue weighted by Crippen LogP contribution is 2.24. The zero-order valence-electron chi connectivity index (χ0n) is 18.5. The van der Waals surface area contributed by atoms with Gasteiger partial charge in [-0.2, -0.15) is 5.26 Å². The number of ether oxygens (including phenoxy) is 1. The molecule has 1 heterocycles. The standard InChI is InChI=1S/C28H27N3O2/c29-20-24(21-31-17-15-23(16-18-31)19-22-7-3-1-4-8-22)28(32)30-25-11-13-27(14-12-25)33-26-9-5-2-6-10-26/h1-14,21,23H,15-19H2,(H,30,32)/b24-21-. The monoisotopic (exact) mass is 437 g/mol. The quantitative estimate of drug-likeness (QED) is 0.376. The summed E-state index contributed by atoms with van der Waals surface area (Å²) in [7, 11) is 0. The van der Waals surface area contributed by atoms with Gasteiger partial charge >= 0.3 is 0 Å². The van der Waals surface area contributed by atoms with Crippen molar-refractivity contribution < 1.29 is 9.53 Å². The van der Waals surface area contributed by atoms with Crippen molar-refractivity contribution in [1.29, 1.82) is 5.26 Å². The Morgan fingerprint density at radius 2 is 1.55 bits per heavy atom. The molecule has 1 aliphatic rings. The summed E-state index contributed by atoms with van der Waals surface area (Å²) in [6, 6.07) is 29.2. The Morgan fingerprint density at radius 1 is 0.939 bits per heavy atom. The first-order valence-corrected chi connectivity index (χ1v) is 11.2. The summed E-state index contributed by atoms with van der Waals surface area (Å²) in [6.45, 7) is 1.70. The van der Waals surface area contributed by atoms with Gasteiger partial charge in [-0.1, -0.05) is 48.5 Å². The molecule has 166 valence electrons. The highest BCUT2D eigenvalue weighted by molar-refractivity contribution is 6.06. The number of hydrogen-bond donors (Lipinski definition) is 1. The lowest BCUT2D eigenvalue weighted by atomic mass is 9.90. The number of carbonyl (C=O) groups excluding carboxylic acids is 1. The number of hydrogen-bond acceptors (Lipinski definition) is 4. The van der Waals surface area contributed by atoms with Crippen molar-refractivity contribution in [3.63, 3.8) is 0 Å². The molecule has 1 N–H and O–H groups in total. The Kier molecular flexibility index (Phi) is 7.40. The Balaban J connectivity index is 1.29. The second-order valence-electron chi connectivity index (χ2n) is 8.22. The lowest BCUT2D eigenvalue weighted by Crippen LogP contribution is -2.31. The molecule has 33 heavy (non-hydrogen) atoms. The molecule has 0 spiro atoms. The highest BCUT2D eigenvalue weighted by Gasteiger charge is 2.19. The predicted octanol–water partition coefficient (Wildman–Crippen LogP) is 5.78. The number of benzene rings is 3. The fourth-order valence-electron chi connectivity index (χ4n) is 3.98. The van der Waals surface area contributed by atoms with E-state index >= 15 is 0 Å². The maximum absolute atomic E-state index is 12.6. The van der Waals surface area contributed by atoms with Crippen molar-refractivity contribution in [3.05, 3.63) is 102 Å². The molecule has 0 atom stereocenters. The highest BCUT2D eigenvalue weighted by atomic mass is 16.5. The number of para-hydroxylation sites is 1. The molecule has 0 radical (unpaired) electrons. The zero-order valence-corrected chi connectivity index (χ0v) is 18.5. The first kappa shape index (κ1) is 22.2. The van der Waals surface area contributed by atoms with E-state index in [1.807, 2.05) is 42.5 Å². The van der Waals surface area contributed by atoms with Crippen LogP contribution in [-0.4, -0.2) is 23.9 Å². The smallest absolute Gasteiger partial charge is 0.267 e. The zero-order chi connectivity index (χ0) is 22.9. The van der Waals surface area contributed by atoms with Crippen molar-refractivity contribution >= 4 is 11.6 Å². The third-order valence-electron chi connectivity index (χ3n) is 5.78. The number of rotatable bonds is 7. The lowest BCUT2D eigenvalue weighted by Gasteiger charge is -2.31. The molecule has 1 aliphatic heterocycles. The third kappa shape index (κ3) is 6.47. The minimum Gasteiger partial charge on any atom is -0.457 e. The van der Waals surface area contributed by atoms with Crippen molar-refractivity contribution in [2.75, 3.05) is 18.4 Å². The van der Waals surface area contributed by atoms with Gasteiger partial charge < -0.3 is 15.0 Å². The molecule has 0 bridgehead atoms. The predicted molar refractivity (Wildman–Crippen MR) is 130 cm³/mol. The number of nitrogens with one attached hydrogen (secondary N) is 1. The Morgan fingerprint density at radius 3 is 2.18 bits per heavy atom. The second-order valence-corrected chi connectivity index (χ2v) is 8.22. The minimum absolute atomic E-state index is 0.112. The van der Waals surface area contributed by atoms with E-state index in [1.54, 1.807) is 30.5 Å². The van der Waals surface area contributed by atoms with Crippen LogP contribution in [0.4, 0.5) is 5.69 Å². The van der Waals surface area contributed by atoms with Crippen LogP contribution in [-0.2, 0) is 11.2 Å². The maximum Gasteiger partial charge on any atom is 0.267 e. The fraction of sp³-hybridized carbons (Fsp3) is 0.214. The largest absolute Gasteiger partial charge is 0.457 e. The van der Waals surface area contributed by atoms with Crippen LogP contribution in [0.25, 0.3) is 0 Å². The molecule has 4 rings (SSSR count). The van der Waals surface area contributed by atoms with Gasteiger partial charge in [-0.25, -0.2) is 0 Å². The molecule has 5 heteroatoms. The SMILES string of the molecule is N#C/C(=C/N1CCC(Cc2ccccc2)CC1)C(=O)Nc1ccc(Oc2ccccc2)cc1. The van der Waals surface area contributed by atoms with Gasteiger partial charge in [0.25, 0.3) is 5.91 Å². The van der Waals surface area contributed by atoms with Gasteiger partial charge in [0.2, 0.25) is 0 Å². The maximum atomic E-state index is 12.6. The molecule has 3 aromatic rings. The molecule has 1 saturated heterocycles. The van der Waals surface area contributed by atoms with Crippen LogP contribution in [0.2, 0.25) is 0 Å². The van der Waals surface area contributed by atoms with Crippen molar-refractivity contribution in [2.24, 2.45) is 5.92 Å². The summed E-state index contributed by atoms with van der Waals surface area (Å²) in [5, 5.41) is 12.3. The van der Waals surface area contributed by atoms with Crippen LogP contribution in [0, 0.1) is 17.2 Å². The van der Waals surface area contributed by atoms with Crippen molar-refractivity contribution in [1.82, 2.24) is 4.90 Å². The van der Waals surface area contributed by atoms with E-state index in [0.29, 0.717) is 17.4 Å². The summed E-state index contributed by atoms with van der Waals surface area (Å²) in [5.74, 6) is 1.65. The van der Waals surface area contributed by atoms with Crippen LogP contribution < -0.4 is 10.1 Å². The molecule has 0 saturated carbocycles. The van der Waals surface area contributed by atoms with E-state index in [9.17, 15) is 10.1 Å². The average Bonchev–Trinajstić information content (AvgIpc) is 2.86.